The zero-order valence-corrected chi connectivity index (χ0v) is 23.2. The number of nitrogens with two attached hydrogens (primary N) is 1. The first-order valence-corrected chi connectivity index (χ1v) is 13.6. The van der Waals surface area contributed by atoms with E-state index < -0.39 is 5.97 Å². The van der Waals surface area contributed by atoms with Crippen molar-refractivity contribution in [1.29, 1.82) is 0 Å². The molecule has 40 heavy (non-hydrogen) atoms. The summed E-state index contributed by atoms with van der Waals surface area (Å²) in [5, 5.41) is 3.60. The number of ether oxygens (including phenoxy) is 1. The van der Waals surface area contributed by atoms with E-state index in [0.717, 1.165) is 31.7 Å². The van der Waals surface area contributed by atoms with Gasteiger partial charge >= 0.3 is 5.97 Å². The molecule has 5 rings (SSSR count). The molecule has 1 amide bonds. The van der Waals surface area contributed by atoms with Gasteiger partial charge in [0.2, 0.25) is 0 Å². The minimum Gasteiger partial charge on any atom is -0.462 e. The van der Waals surface area contributed by atoms with Gasteiger partial charge in [-0.3, -0.25) is 14.7 Å². The van der Waals surface area contributed by atoms with Gasteiger partial charge in [-0.15, -0.1) is 0 Å². The number of hydrogen-bond acceptors (Lipinski definition) is 7. The molecule has 1 aromatic heterocycles. The maximum Gasteiger partial charge on any atom is 0.342 e. The van der Waals surface area contributed by atoms with Crippen molar-refractivity contribution in [3.8, 4) is 0 Å². The Kier molecular flexibility index (Phi) is 7.98. The predicted molar refractivity (Wildman–Crippen MR) is 160 cm³/mol. The van der Waals surface area contributed by atoms with Crippen molar-refractivity contribution in [1.82, 2.24) is 9.88 Å². The molecule has 206 valence electrons. The lowest BCUT2D eigenvalue weighted by molar-refractivity contribution is 0.0526. The number of amides is 1. The topological polar surface area (TPSA) is 101 Å². The van der Waals surface area contributed by atoms with Gasteiger partial charge in [0.1, 0.15) is 5.56 Å². The van der Waals surface area contributed by atoms with Crippen LogP contribution in [0.3, 0.4) is 0 Å². The lowest BCUT2D eigenvalue weighted by Crippen LogP contribution is -2.46. The molecular formula is C32H35N5O3. The molecule has 0 atom stereocenters. The van der Waals surface area contributed by atoms with E-state index in [-0.39, 0.29) is 18.1 Å². The first-order valence-electron chi connectivity index (χ1n) is 13.6. The molecule has 0 aliphatic carbocycles. The number of carbonyl (C=O) groups excluding carboxylic acids is 2. The zero-order valence-electron chi connectivity index (χ0n) is 23.2. The number of hydrogen-bond donors (Lipinski definition) is 2. The molecule has 1 saturated heterocycles. The summed E-state index contributed by atoms with van der Waals surface area (Å²) in [7, 11) is 0. The van der Waals surface area contributed by atoms with Gasteiger partial charge in [0.25, 0.3) is 5.91 Å². The summed E-state index contributed by atoms with van der Waals surface area (Å²) < 4.78 is 5.16. The lowest BCUT2D eigenvalue weighted by Gasteiger charge is -2.36. The van der Waals surface area contributed by atoms with Crippen molar-refractivity contribution < 1.29 is 14.3 Å². The minimum absolute atomic E-state index is 0.197. The van der Waals surface area contributed by atoms with Gasteiger partial charge in [0, 0.05) is 55.0 Å². The molecule has 4 aromatic rings. The maximum absolute atomic E-state index is 13.4. The van der Waals surface area contributed by atoms with E-state index >= 15 is 0 Å². The average molecular weight is 538 g/mol. The second-order valence-electron chi connectivity index (χ2n) is 10.1. The number of carbonyl (C=O) groups is 2. The number of esters is 1. The summed E-state index contributed by atoms with van der Waals surface area (Å²) >= 11 is 0. The number of nitrogens with zero attached hydrogens (tertiary/aromatic N) is 3. The van der Waals surface area contributed by atoms with E-state index in [1.165, 1.54) is 11.3 Å². The van der Waals surface area contributed by atoms with Crippen LogP contribution in [0.25, 0.3) is 10.9 Å². The Labute approximate surface area is 234 Å². The fourth-order valence-corrected chi connectivity index (χ4v) is 5.19. The highest BCUT2D eigenvalue weighted by Crippen LogP contribution is 2.29. The Hall–Kier alpha value is -4.43. The second kappa shape index (κ2) is 11.8. The summed E-state index contributed by atoms with van der Waals surface area (Å²) in [4.78, 5) is 35.2. The van der Waals surface area contributed by atoms with Gasteiger partial charge in [-0.2, -0.15) is 0 Å². The third-order valence-electron chi connectivity index (χ3n) is 7.37. The van der Waals surface area contributed by atoms with E-state index in [2.05, 4.69) is 51.3 Å². The second-order valence-corrected chi connectivity index (χ2v) is 10.1. The minimum atomic E-state index is -0.505. The smallest absolute Gasteiger partial charge is 0.342 e. The van der Waals surface area contributed by atoms with Crippen molar-refractivity contribution in [3.05, 3.63) is 94.7 Å². The highest BCUT2D eigenvalue weighted by molar-refractivity contribution is 6.09. The fraction of sp³-hybridized carbons (Fsp3) is 0.281. The SMILES string of the molecule is CCOC(=O)c1c(C)nc2ccc(NC(=O)c3ccccc3CN3CCN(c4ccc(C)cc4)CC3)cc2c1N. The number of nitrogens with one attached hydrogen (secondary N) is 1. The number of pyridine rings is 1. The number of piperazine rings is 1. The van der Waals surface area contributed by atoms with Gasteiger partial charge in [0.05, 0.1) is 23.5 Å². The Morgan fingerprint density at radius 3 is 2.42 bits per heavy atom. The number of fused-ring (bicyclic) bond motifs is 1. The normalized spacial score (nSPS) is 13.8. The molecule has 0 saturated carbocycles. The van der Waals surface area contributed by atoms with Gasteiger partial charge in [-0.05, 0) is 62.7 Å². The Morgan fingerprint density at radius 2 is 1.70 bits per heavy atom. The van der Waals surface area contributed by atoms with Crippen LogP contribution in [0.15, 0.2) is 66.7 Å². The van der Waals surface area contributed by atoms with Crippen LogP contribution >= 0.6 is 0 Å². The van der Waals surface area contributed by atoms with Crippen LogP contribution in [-0.2, 0) is 11.3 Å². The van der Waals surface area contributed by atoms with Gasteiger partial charge in [-0.1, -0.05) is 35.9 Å². The van der Waals surface area contributed by atoms with Crippen molar-refractivity contribution in [2.45, 2.75) is 27.3 Å². The summed E-state index contributed by atoms with van der Waals surface area (Å²) in [6.07, 6.45) is 0. The van der Waals surface area contributed by atoms with E-state index in [0.29, 0.717) is 40.1 Å². The van der Waals surface area contributed by atoms with Crippen LogP contribution in [0, 0.1) is 13.8 Å². The molecule has 8 nitrogen and oxygen atoms in total. The zero-order chi connectivity index (χ0) is 28.2. The Morgan fingerprint density at radius 1 is 0.975 bits per heavy atom. The van der Waals surface area contributed by atoms with Crippen molar-refractivity contribution in [2.24, 2.45) is 0 Å². The van der Waals surface area contributed by atoms with Crippen LogP contribution in [0.1, 0.15) is 44.5 Å². The van der Waals surface area contributed by atoms with Crippen LogP contribution in [0.2, 0.25) is 0 Å². The first kappa shape index (κ1) is 27.1. The lowest BCUT2D eigenvalue weighted by atomic mass is 10.0. The van der Waals surface area contributed by atoms with Crippen LogP contribution < -0.4 is 16.0 Å². The van der Waals surface area contributed by atoms with Crippen molar-refractivity contribution in [3.63, 3.8) is 0 Å². The van der Waals surface area contributed by atoms with Crippen molar-refractivity contribution >= 4 is 39.8 Å². The van der Waals surface area contributed by atoms with Crippen LogP contribution in [-0.4, -0.2) is 54.5 Å². The summed E-state index contributed by atoms with van der Waals surface area (Å²) in [5.41, 5.74) is 12.8. The molecule has 0 spiro atoms. The largest absolute Gasteiger partial charge is 0.462 e. The third-order valence-corrected chi connectivity index (χ3v) is 7.37. The van der Waals surface area contributed by atoms with E-state index in [9.17, 15) is 9.59 Å². The molecule has 0 unspecified atom stereocenters. The van der Waals surface area contributed by atoms with E-state index in [1.54, 1.807) is 32.0 Å². The average Bonchev–Trinajstić information content (AvgIpc) is 2.95. The summed E-state index contributed by atoms with van der Waals surface area (Å²) in [6, 6.07) is 21.7. The molecule has 0 bridgehead atoms. The fourth-order valence-electron chi connectivity index (χ4n) is 5.19. The van der Waals surface area contributed by atoms with E-state index in [1.807, 2.05) is 24.3 Å². The molecule has 2 heterocycles. The first-order chi connectivity index (χ1) is 19.3. The molecule has 1 aliphatic rings. The molecular weight excluding hydrogens is 502 g/mol. The Balaban J connectivity index is 1.30. The molecule has 3 aromatic carbocycles. The number of anilines is 3. The molecule has 1 aliphatic heterocycles. The number of nitrogen functional groups attached to an aromatic ring is 1. The number of benzene rings is 3. The quantitative estimate of drug-likeness (QED) is 0.313. The molecule has 0 radical (unpaired) electrons. The monoisotopic (exact) mass is 537 g/mol. The predicted octanol–water partition coefficient (Wildman–Crippen LogP) is 5.19. The molecule has 1 fully saturated rings. The highest BCUT2D eigenvalue weighted by Gasteiger charge is 2.21. The summed E-state index contributed by atoms with van der Waals surface area (Å²) in [5.74, 6) is -0.701. The number of aryl methyl sites for hydroxylation is 2. The maximum atomic E-state index is 13.4. The van der Waals surface area contributed by atoms with Crippen molar-refractivity contribution in [2.75, 3.05) is 48.7 Å². The highest BCUT2D eigenvalue weighted by atomic mass is 16.5. The third kappa shape index (κ3) is 5.77. The standard InChI is InChI=1S/C32H35N5O3/c1-4-40-32(39)29-22(3)34-28-14-11-24(19-27(28)30(29)33)35-31(38)26-8-6-5-7-23(26)20-36-15-17-37(18-16-36)25-12-9-21(2)10-13-25/h5-14,19H,4,15-18,20H2,1-3H3,(H2,33,34)(H,35,38). The van der Waals surface area contributed by atoms with Crippen LogP contribution in [0.5, 0.6) is 0 Å². The van der Waals surface area contributed by atoms with E-state index in [4.69, 9.17) is 10.5 Å². The molecule has 3 N–H and O–H groups in total. The molecule has 8 heteroatoms. The number of rotatable bonds is 7. The van der Waals surface area contributed by atoms with Gasteiger partial charge < -0.3 is 20.7 Å². The van der Waals surface area contributed by atoms with Gasteiger partial charge in [0.15, 0.2) is 0 Å². The Bertz CT molecular complexity index is 1540. The van der Waals surface area contributed by atoms with Gasteiger partial charge in [-0.25, -0.2) is 4.79 Å². The summed E-state index contributed by atoms with van der Waals surface area (Å²) in [6.45, 7) is 10.2. The number of aromatic nitrogens is 1. The van der Waals surface area contributed by atoms with Crippen LogP contribution in [0.4, 0.5) is 17.1 Å².